The first-order chi connectivity index (χ1) is 12.5. The second-order valence-corrected chi connectivity index (χ2v) is 6.02. The summed E-state index contributed by atoms with van der Waals surface area (Å²) in [5, 5.41) is 4.06. The first-order valence-corrected chi connectivity index (χ1v) is 8.17. The van der Waals surface area contributed by atoms with E-state index in [1.54, 1.807) is 18.2 Å². The van der Waals surface area contributed by atoms with Crippen LogP contribution in [-0.4, -0.2) is 36.7 Å². The number of hydrogen-bond acceptors (Lipinski definition) is 4. The molecule has 1 aromatic carbocycles. The van der Waals surface area contributed by atoms with E-state index in [2.05, 4.69) is 15.3 Å². The molecule has 0 fully saturated rings. The van der Waals surface area contributed by atoms with E-state index >= 15 is 0 Å². The summed E-state index contributed by atoms with van der Waals surface area (Å²) >= 11 is 6.35. The number of pyridine rings is 1. The minimum Gasteiger partial charge on any atom is -0.492 e. The number of amides is 1. The molecule has 8 heteroatoms. The standard InChI is InChI=1S/C18H17ClFN3O3/c1-25-9-17(24)21-8-11-5-10-6-13(19)12(7-15(10)22-11)14-3-4-16(26-2)18(20)23-14/h3-7,22H,8-9H2,1-2H3,(H,21,24). The van der Waals surface area contributed by atoms with Crippen molar-refractivity contribution in [3.8, 4) is 17.0 Å². The number of carbonyl (C=O) groups is 1. The molecule has 1 amide bonds. The van der Waals surface area contributed by atoms with Crippen LogP contribution in [0.1, 0.15) is 5.69 Å². The first-order valence-electron chi connectivity index (χ1n) is 7.79. The molecule has 2 N–H and O–H groups in total. The summed E-state index contributed by atoms with van der Waals surface area (Å²) < 4.78 is 23.5. The zero-order chi connectivity index (χ0) is 18.7. The van der Waals surface area contributed by atoms with Gasteiger partial charge in [-0.25, -0.2) is 4.98 Å². The summed E-state index contributed by atoms with van der Waals surface area (Å²) in [6.07, 6.45) is 0. The van der Waals surface area contributed by atoms with Crippen molar-refractivity contribution in [3.63, 3.8) is 0 Å². The van der Waals surface area contributed by atoms with Crippen LogP contribution in [0.3, 0.4) is 0 Å². The minimum absolute atomic E-state index is 0.00487. The predicted molar refractivity (Wildman–Crippen MR) is 96.8 cm³/mol. The van der Waals surface area contributed by atoms with E-state index in [-0.39, 0.29) is 18.3 Å². The fraction of sp³-hybridized carbons (Fsp3) is 0.222. The van der Waals surface area contributed by atoms with Gasteiger partial charge in [0, 0.05) is 29.3 Å². The molecule has 6 nitrogen and oxygen atoms in total. The van der Waals surface area contributed by atoms with Crippen LogP contribution in [0.4, 0.5) is 4.39 Å². The number of nitrogens with one attached hydrogen (secondary N) is 2. The van der Waals surface area contributed by atoms with Gasteiger partial charge in [0.25, 0.3) is 5.95 Å². The average molecular weight is 378 g/mol. The SMILES string of the molecule is COCC(=O)NCc1cc2cc(Cl)c(-c3ccc(OC)c(F)n3)cc2[nH]1. The molecule has 0 radical (unpaired) electrons. The second kappa shape index (κ2) is 7.72. The molecule has 3 aromatic rings. The van der Waals surface area contributed by atoms with Crippen LogP contribution in [0.5, 0.6) is 5.75 Å². The molecule has 136 valence electrons. The smallest absolute Gasteiger partial charge is 0.255 e. The summed E-state index contributed by atoms with van der Waals surface area (Å²) in [7, 11) is 2.84. The highest BCUT2D eigenvalue weighted by molar-refractivity contribution is 6.34. The fourth-order valence-electron chi connectivity index (χ4n) is 2.60. The maximum Gasteiger partial charge on any atom is 0.255 e. The van der Waals surface area contributed by atoms with Gasteiger partial charge >= 0.3 is 0 Å². The molecular formula is C18H17ClFN3O3. The van der Waals surface area contributed by atoms with E-state index in [0.29, 0.717) is 22.8 Å². The van der Waals surface area contributed by atoms with E-state index in [4.69, 9.17) is 21.1 Å². The number of rotatable bonds is 6. The number of hydrogen-bond donors (Lipinski definition) is 2. The minimum atomic E-state index is -0.700. The molecule has 2 aromatic heterocycles. The lowest BCUT2D eigenvalue weighted by Crippen LogP contribution is -2.26. The average Bonchev–Trinajstić information content (AvgIpc) is 3.01. The Morgan fingerprint density at radius 2 is 2.12 bits per heavy atom. The van der Waals surface area contributed by atoms with E-state index in [1.807, 2.05) is 6.07 Å². The number of H-pyrrole nitrogens is 1. The Hall–Kier alpha value is -2.64. The second-order valence-electron chi connectivity index (χ2n) is 5.61. The zero-order valence-electron chi connectivity index (χ0n) is 14.2. The molecule has 0 aliphatic rings. The van der Waals surface area contributed by atoms with Gasteiger partial charge in [-0.15, -0.1) is 0 Å². The third-order valence-electron chi connectivity index (χ3n) is 3.83. The lowest BCUT2D eigenvalue weighted by Gasteiger charge is -2.06. The maximum absolute atomic E-state index is 13.9. The van der Waals surface area contributed by atoms with Gasteiger partial charge in [-0.05, 0) is 30.3 Å². The van der Waals surface area contributed by atoms with E-state index in [0.717, 1.165) is 16.6 Å². The Balaban J connectivity index is 1.90. The van der Waals surface area contributed by atoms with Gasteiger partial charge in [-0.1, -0.05) is 11.6 Å². The highest BCUT2D eigenvalue weighted by Gasteiger charge is 2.13. The molecular weight excluding hydrogens is 361 g/mol. The third-order valence-corrected chi connectivity index (χ3v) is 4.14. The van der Waals surface area contributed by atoms with Crippen molar-refractivity contribution in [2.24, 2.45) is 0 Å². The van der Waals surface area contributed by atoms with Crippen molar-refractivity contribution in [2.45, 2.75) is 6.54 Å². The quantitative estimate of drug-likeness (QED) is 0.646. The summed E-state index contributed by atoms with van der Waals surface area (Å²) in [6, 6.07) is 8.60. The van der Waals surface area contributed by atoms with Crippen molar-refractivity contribution in [3.05, 3.63) is 47.0 Å². The van der Waals surface area contributed by atoms with Gasteiger partial charge in [0.05, 0.1) is 24.4 Å². The number of halogens is 2. The summed E-state index contributed by atoms with van der Waals surface area (Å²) in [5.74, 6) is -0.836. The topological polar surface area (TPSA) is 76.2 Å². The molecule has 0 aliphatic carbocycles. The fourth-order valence-corrected chi connectivity index (χ4v) is 2.87. The Morgan fingerprint density at radius 1 is 1.31 bits per heavy atom. The Kier molecular flexibility index (Phi) is 5.39. The largest absolute Gasteiger partial charge is 0.492 e. The number of fused-ring (bicyclic) bond motifs is 1. The molecule has 26 heavy (non-hydrogen) atoms. The van der Waals surface area contributed by atoms with E-state index < -0.39 is 5.95 Å². The van der Waals surface area contributed by atoms with Crippen molar-refractivity contribution in [1.29, 1.82) is 0 Å². The van der Waals surface area contributed by atoms with Gasteiger partial charge in [0.1, 0.15) is 6.61 Å². The number of nitrogens with zero attached hydrogens (tertiary/aromatic N) is 1. The summed E-state index contributed by atoms with van der Waals surface area (Å²) in [6.45, 7) is 0.337. The van der Waals surface area contributed by atoms with Crippen molar-refractivity contribution < 1.29 is 18.7 Å². The molecule has 3 rings (SSSR count). The van der Waals surface area contributed by atoms with E-state index in [9.17, 15) is 9.18 Å². The van der Waals surface area contributed by atoms with Crippen LogP contribution >= 0.6 is 11.6 Å². The molecule has 0 saturated heterocycles. The first kappa shape index (κ1) is 18.2. The van der Waals surface area contributed by atoms with Crippen molar-refractivity contribution in [1.82, 2.24) is 15.3 Å². The molecule has 0 aliphatic heterocycles. The number of aromatic nitrogens is 2. The Bertz CT molecular complexity index is 958. The number of aromatic amines is 1. The molecule has 0 spiro atoms. The molecule has 0 atom stereocenters. The summed E-state index contributed by atoms with van der Waals surface area (Å²) in [4.78, 5) is 18.6. The monoisotopic (exact) mass is 377 g/mol. The van der Waals surface area contributed by atoms with Gasteiger partial charge in [-0.2, -0.15) is 4.39 Å². The van der Waals surface area contributed by atoms with E-state index in [1.165, 1.54) is 20.3 Å². The van der Waals surface area contributed by atoms with Crippen LogP contribution < -0.4 is 10.1 Å². The number of carbonyl (C=O) groups excluding carboxylic acids is 1. The number of ether oxygens (including phenoxy) is 2. The van der Waals surface area contributed by atoms with Crippen LogP contribution in [0, 0.1) is 5.95 Å². The number of methoxy groups -OCH3 is 2. The zero-order valence-corrected chi connectivity index (χ0v) is 15.0. The molecule has 0 unspecified atom stereocenters. The van der Waals surface area contributed by atoms with Gasteiger partial charge in [0.15, 0.2) is 5.75 Å². The highest BCUT2D eigenvalue weighted by atomic mass is 35.5. The molecule has 0 saturated carbocycles. The van der Waals surface area contributed by atoms with Crippen LogP contribution in [0.25, 0.3) is 22.2 Å². The molecule has 2 heterocycles. The normalized spacial score (nSPS) is 10.9. The lowest BCUT2D eigenvalue weighted by atomic mass is 10.1. The lowest BCUT2D eigenvalue weighted by molar-refractivity contribution is -0.124. The number of benzene rings is 1. The van der Waals surface area contributed by atoms with Crippen LogP contribution in [-0.2, 0) is 16.1 Å². The van der Waals surface area contributed by atoms with Gasteiger partial charge < -0.3 is 19.8 Å². The van der Waals surface area contributed by atoms with Crippen LogP contribution in [0.2, 0.25) is 5.02 Å². The summed E-state index contributed by atoms with van der Waals surface area (Å²) in [5.41, 5.74) is 2.61. The van der Waals surface area contributed by atoms with Gasteiger partial charge in [0.2, 0.25) is 5.91 Å². The predicted octanol–water partition coefficient (Wildman–Crippen LogP) is 3.29. The Labute approximate surface area is 154 Å². The molecule has 0 bridgehead atoms. The van der Waals surface area contributed by atoms with Crippen LogP contribution in [0.15, 0.2) is 30.3 Å². The Morgan fingerprint density at radius 3 is 2.81 bits per heavy atom. The van der Waals surface area contributed by atoms with Crippen molar-refractivity contribution >= 4 is 28.4 Å². The van der Waals surface area contributed by atoms with Gasteiger partial charge in [-0.3, -0.25) is 4.79 Å². The maximum atomic E-state index is 13.9. The third kappa shape index (κ3) is 3.79. The highest BCUT2D eigenvalue weighted by Crippen LogP contribution is 2.32. The van der Waals surface area contributed by atoms with Crippen molar-refractivity contribution in [2.75, 3.05) is 20.8 Å².